The topological polar surface area (TPSA) is 81.9 Å². The minimum absolute atomic E-state index is 0.0962. The number of aromatic nitrogens is 1. The molecule has 1 aliphatic heterocycles. The lowest BCUT2D eigenvalue weighted by molar-refractivity contribution is 0.171. The summed E-state index contributed by atoms with van der Waals surface area (Å²) in [6.07, 6.45) is 0. The van der Waals surface area contributed by atoms with Gasteiger partial charge >= 0.3 is 0 Å². The van der Waals surface area contributed by atoms with Crippen LogP contribution in [0.1, 0.15) is 11.5 Å². The van der Waals surface area contributed by atoms with E-state index in [1.165, 1.54) is 23.5 Å². The smallest absolute Gasteiger partial charge is 0.243 e. The van der Waals surface area contributed by atoms with Crippen LogP contribution in [0.25, 0.3) is 11.5 Å². The maximum Gasteiger partial charge on any atom is 0.243 e. The molecule has 0 spiro atoms. The first-order valence-corrected chi connectivity index (χ1v) is 10.3. The van der Waals surface area contributed by atoms with Crippen LogP contribution in [-0.2, 0) is 16.6 Å². The van der Waals surface area contributed by atoms with Gasteiger partial charge in [-0.15, -0.1) is 0 Å². The third-order valence-electron chi connectivity index (χ3n) is 4.51. The maximum atomic E-state index is 13.0. The van der Waals surface area contributed by atoms with Crippen LogP contribution in [0, 0.1) is 6.92 Å². The zero-order valence-electron chi connectivity index (χ0n) is 15.6. The Bertz CT molecular complexity index is 1090. The molecule has 4 rings (SSSR count). The van der Waals surface area contributed by atoms with E-state index in [2.05, 4.69) is 4.98 Å². The van der Waals surface area contributed by atoms with Crippen LogP contribution in [0.5, 0.6) is 11.5 Å². The average molecular weight is 400 g/mol. The molecular formula is C20H20N2O5S. The van der Waals surface area contributed by atoms with Crippen LogP contribution in [0.4, 0.5) is 0 Å². The molecule has 2 heterocycles. The molecule has 0 N–H and O–H groups in total. The van der Waals surface area contributed by atoms with Crippen molar-refractivity contribution in [3.8, 4) is 23.0 Å². The number of sulfonamides is 1. The quantitative estimate of drug-likeness (QED) is 0.654. The predicted octanol–water partition coefficient (Wildman–Crippen LogP) is 3.24. The number of hydrogen-bond acceptors (Lipinski definition) is 6. The molecular weight excluding hydrogens is 380 g/mol. The van der Waals surface area contributed by atoms with E-state index in [4.69, 9.17) is 13.9 Å². The highest BCUT2D eigenvalue weighted by Gasteiger charge is 2.25. The largest absolute Gasteiger partial charge is 0.486 e. The van der Waals surface area contributed by atoms with E-state index >= 15 is 0 Å². The lowest BCUT2D eigenvalue weighted by atomic mass is 10.2. The van der Waals surface area contributed by atoms with Gasteiger partial charge in [0.05, 0.1) is 17.1 Å². The van der Waals surface area contributed by atoms with Gasteiger partial charge in [0.25, 0.3) is 0 Å². The fourth-order valence-corrected chi connectivity index (χ4v) is 4.09. The average Bonchev–Trinajstić information content (AvgIpc) is 3.08. The summed E-state index contributed by atoms with van der Waals surface area (Å²) >= 11 is 0. The lowest BCUT2D eigenvalue weighted by Gasteiger charge is -2.21. The summed E-state index contributed by atoms with van der Waals surface area (Å²) in [5.41, 5.74) is 1.41. The summed E-state index contributed by atoms with van der Waals surface area (Å²) in [7, 11) is -2.21. The number of rotatable bonds is 5. The number of nitrogens with zero attached hydrogens (tertiary/aromatic N) is 2. The van der Waals surface area contributed by atoms with E-state index in [0.29, 0.717) is 42.1 Å². The fourth-order valence-electron chi connectivity index (χ4n) is 2.94. The van der Waals surface area contributed by atoms with Crippen LogP contribution < -0.4 is 9.47 Å². The summed E-state index contributed by atoms with van der Waals surface area (Å²) < 4.78 is 43.9. The number of aryl methyl sites for hydroxylation is 1. The van der Waals surface area contributed by atoms with Gasteiger partial charge in [0, 0.05) is 18.7 Å². The van der Waals surface area contributed by atoms with Gasteiger partial charge in [-0.1, -0.05) is 18.2 Å². The Balaban J connectivity index is 1.58. The number of oxazole rings is 1. The molecule has 0 radical (unpaired) electrons. The van der Waals surface area contributed by atoms with Crippen LogP contribution in [0.15, 0.2) is 57.8 Å². The second-order valence-electron chi connectivity index (χ2n) is 6.45. The summed E-state index contributed by atoms with van der Waals surface area (Å²) in [6, 6.07) is 14.1. The normalized spacial score (nSPS) is 13.7. The van der Waals surface area contributed by atoms with Crippen molar-refractivity contribution in [2.45, 2.75) is 18.4 Å². The molecule has 3 aromatic rings. The number of fused-ring (bicyclic) bond motifs is 1. The van der Waals surface area contributed by atoms with Crippen LogP contribution >= 0.6 is 0 Å². The number of benzene rings is 2. The Labute approximate surface area is 163 Å². The van der Waals surface area contributed by atoms with Crippen molar-refractivity contribution in [3.63, 3.8) is 0 Å². The van der Waals surface area contributed by atoms with Gasteiger partial charge in [0.2, 0.25) is 15.9 Å². The Kier molecular flexibility index (Phi) is 4.82. The Morgan fingerprint density at radius 2 is 1.75 bits per heavy atom. The van der Waals surface area contributed by atoms with Gasteiger partial charge in [0.1, 0.15) is 19.0 Å². The van der Waals surface area contributed by atoms with Crippen molar-refractivity contribution in [3.05, 3.63) is 60.0 Å². The molecule has 7 nitrogen and oxygen atoms in total. The molecule has 0 atom stereocenters. The van der Waals surface area contributed by atoms with Gasteiger partial charge < -0.3 is 13.9 Å². The first kappa shape index (κ1) is 18.5. The first-order chi connectivity index (χ1) is 13.4. The van der Waals surface area contributed by atoms with Crippen molar-refractivity contribution in [1.82, 2.24) is 9.29 Å². The molecule has 1 aliphatic rings. The van der Waals surface area contributed by atoms with Crippen LogP contribution in [0.2, 0.25) is 0 Å². The zero-order chi connectivity index (χ0) is 19.7. The van der Waals surface area contributed by atoms with Gasteiger partial charge in [-0.25, -0.2) is 13.4 Å². The fraction of sp³-hybridized carbons (Fsp3) is 0.250. The molecule has 0 bridgehead atoms. The molecule has 146 valence electrons. The molecule has 0 aliphatic carbocycles. The Morgan fingerprint density at radius 1 is 1.04 bits per heavy atom. The van der Waals surface area contributed by atoms with Crippen molar-refractivity contribution in [2.24, 2.45) is 0 Å². The molecule has 28 heavy (non-hydrogen) atoms. The van der Waals surface area contributed by atoms with Gasteiger partial charge in [-0.05, 0) is 31.2 Å². The summed E-state index contributed by atoms with van der Waals surface area (Å²) in [6.45, 7) is 2.72. The predicted molar refractivity (Wildman–Crippen MR) is 103 cm³/mol. The van der Waals surface area contributed by atoms with E-state index in [-0.39, 0.29) is 11.4 Å². The third kappa shape index (κ3) is 3.48. The zero-order valence-corrected chi connectivity index (χ0v) is 16.4. The summed E-state index contributed by atoms with van der Waals surface area (Å²) in [4.78, 5) is 4.62. The minimum Gasteiger partial charge on any atom is -0.486 e. The molecule has 0 unspecified atom stereocenters. The molecule has 8 heteroatoms. The van der Waals surface area contributed by atoms with E-state index in [9.17, 15) is 8.42 Å². The second kappa shape index (κ2) is 7.29. The molecule has 0 saturated carbocycles. The molecule has 0 amide bonds. The third-order valence-corrected chi connectivity index (χ3v) is 6.31. The van der Waals surface area contributed by atoms with Crippen LogP contribution in [-0.4, -0.2) is 38.0 Å². The van der Waals surface area contributed by atoms with Gasteiger partial charge in [-0.3, -0.25) is 0 Å². The molecule has 1 aromatic heterocycles. The van der Waals surface area contributed by atoms with E-state index in [1.807, 2.05) is 30.3 Å². The minimum atomic E-state index is -3.73. The van der Waals surface area contributed by atoms with Gasteiger partial charge in [-0.2, -0.15) is 4.31 Å². The van der Waals surface area contributed by atoms with Crippen molar-refractivity contribution >= 4 is 10.0 Å². The first-order valence-electron chi connectivity index (χ1n) is 8.83. The molecule has 0 fully saturated rings. The lowest BCUT2D eigenvalue weighted by Crippen LogP contribution is -2.27. The number of ether oxygens (including phenoxy) is 2. The molecule has 2 aromatic carbocycles. The summed E-state index contributed by atoms with van der Waals surface area (Å²) in [5.74, 6) is 2.04. The van der Waals surface area contributed by atoms with E-state index in [1.54, 1.807) is 13.0 Å². The van der Waals surface area contributed by atoms with Crippen LogP contribution in [0.3, 0.4) is 0 Å². The summed E-state index contributed by atoms with van der Waals surface area (Å²) in [5, 5.41) is 0. The highest BCUT2D eigenvalue weighted by molar-refractivity contribution is 7.89. The maximum absolute atomic E-state index is 13.0. The highest BCUT2D eigenvalue weighted by Crippen LogP contribution is 2.33. The highest BCUT2D eigenvalue weighted by atomic mass is 32.2. The standard InChI is InChI=1S/C20H20N2O5S/c1-14-17(21-20(27-14)15-6-4-3-5-7-15)13-22(2)28(23,24)16-8-9-18-19(12-16)26-11-10-25-18/h3-9,12H,10-11,13H2,1-2H3. The number of hydrogen-bond donors (Lipinski definition) is 0. The SMILES string of the molecule is Cc1oc(-c2ccccc2)nc1CN(C)S(=O)(=O)c1ccc2c(c1)OCCO2. The monoisotopic (exact) mass is 400 g/mol. The van der Waals surface area contributed by atoms with Crippen molar-refractivity contribution in [1.29, 1.82) is 0 Å². The van der Waals surface area contributed by atoms with Crippen molar-refractivity contribution in [2.75, 3.05) is 20.3 Å². The molecule has 0 saturated heterocycles. The van der Waals surface area contributed by atoms with E-state index < -0.39 is 10.0 Å². The van der Waals surface area contributed by atoms with Gasteiger partial charge in [0.15, 0.2) is 11.5 Å². The Morgan fingerprint density at radius 3 is 2.50 bits per heavy atom. The van der Waals surface area contributed by atoms with Crippen molar-refractivity contribution < 1.29 is 22.3 Å². The second-order valence-corrected chi connectivity index (χ2v) is 8.50. The van der Waals surface area contributed by atoms with E-state index in [0.717, 1.165) is 5.56 Å². The Hall–Kier alpha value is -2.84.